The zero-order valence-electron chi connectivity index (χ0n) is 16.4. The summed E-state index contributed by atoms with van der Waals surface area (Å²) in [6.45, 7) is 5.49. The van der Waals surface area contributed by atoms with Gasteiger partial charge in [-0.15, -0.1) is 0 Å². The molecule has 0 saturated heterocycles. The predicted molar refractivity (Wildman–Crippen MR) is 112 cm³/mol. The smallest absolute Gasteiger partial charge is 0.338 e. The quantitative estimate of drug-likeness (QED) is 0.567. The van der Waals surface area contributed by atoms with Crippen molar-refractivity contribution in [1.29, 1.82) is 0 Å². The van der Waals surface area contributed by atoms with Crippen molar-refractivity contribution < 1.29 is 19.1 Å². The van der Waals surface area contributed by atoms with Gasteiger partial charge in [0.05, 0.1) is 17.4 Å². The van der Waals surface area contributed by atoms with E-state index in [-0.39, 0.29) is 16.8 Å². The van der Waals surface area contributed by atoms with Crippen LogP contribution in [0.3, 0.4) is 0 Å². The second-order valence-corrected chi connectivity index (χ2v) is 7.15. The van der Waals surface area contributed by atoms with Crippen LogP contribution in [0.1, 0.15) is 36.7 Å². The van der Waals surface area contributed by atoms with Crippen LogP contribution < -0.4 is 10.2 Å². The Hall–Kier alpha value is -3.12. The van der Waals surface area contributed by atoms with Gasteiger partial charge in [-0.1, -0.05) is 36.7 Å². The SMILES string of the molecule is CCc1ccccc1N1C(=O)C(Cl)=C(Nc2ccc(C(=O)OC(C)C)cc2)C1=O. The van der Waals surface area contributed by atoms with E-state index >= 15 is 0 Å². The lowest BCUT2D eigenvalue weighted by Gasteiger charge is -2.18. The van der Waals surface area contributed by atoms with Gasteiger partial charge in [-0.3, -0.25) is 9.59 Å². The maximum absolute atomic E-state index is 12.9. The van der Waals surface area contributed by atoms with Gasteiger partial charge in [0.25, 0.3) is 11.8 Å². The van der Waals surface area contributed by atoms with E-state index in [0.29, 0.717) is 23.4 Å². The van der Waals surface area contributed by atoms with E-state index in [2.05, 4.69) is 5.32 Å². The number of hydrogen-bond acceptors (Lipinski definition) is 5. The molecule has 0 aromatic heterocycles. The minimum absolute atomic E-state index is 0.0000738. The molecule has 0 bridgehead atoms. The maximum Gasteiger partial charge on any atom is 0.338 e. The first-order valence-electron chi connectivity index (χ1n) is 9.28. The number of aryl methyl sites for hydroxylation is 1. The molecule has 0 spiro atoms. The third-order valence-corrected chi connectivity index (χ3v) is 4.72. The number of nitrogens with one attached hydrogen (secondary N) is 1. The molecular weight excluding hydrogens is 392 g/mol. The Morgan fingerprint density at radius 1 is 1.07 bits per heavy atom. The molecule has 0 saturated carbocycles. The van der Waals surface area contributed by atoms with Gasteiger partial charge in [0.1, 0.15) is 10.7 Å². The van der Waals surface area contributed by atoms with Crippen LogP contribution in [0.15, 0.2) is 59.3 Å². The Kier molecular flexibility index (Phi) is 6.03. The second-order valence-electron chi connectivity index (χ2n) is 6.77. The Morgan fingerprint density at radius 2 is 1.72 bits per heavy atom. The van der Waals surface area contributed by atoms with Crippen LogP contribution in [-0.4, -0.2) is 23.9 Å². The summed E-state index contributed by atoms with van der Waals surface area (Å²) in [4.78, 5) is 38.6. The Morgan fingerprint density at radius 3 is 2.34 bits per heavy atom. The van der Waals surface area contributed by atoms with E-state index in [9.17, 15) is 14.4 Å². The lowest BCUT2D eigenvalue weighted by Crippen LogP contribution is -2.33. The van der Waals surface area contributed by atoms with E-state index in [1.54, 1.807) is 50.2 Å². The van der Waals surface area contributed by atoms with Crippen molar-refractivity contribution in [3.8, 4) is 0 Å². The van der Waals surface area contributed by atoms with Crippen molar-refractivity contribution in [3.05, 3.63) is 70.4 Å². The number of rotatable bonds is 6. The summed E-state index contributed by atoms with van der Waals surface area (Å²) in [7, 11) is 0. The highest BCUT2D eigenvalue weighted by molar-refractivity contribution is 6.53. The number of anilines is 2. The van der Waals surface area contributed by atoms with Gasteiger partial charge in [-0.25, -0.2) is 9.69 Å². The second kappa shape index (κ2) is 8.49. The van der Waals surface area contributed by atoms with E-state index in [1.165, 1.54) is 0 Å². The molecule has 6 nitrogen and oxygen atoms in total. The molecule has 150 valence electrons. The van der Waals surface area contributed by atoms with Crippen molar-refractivity contribution >= 4 is 40.8 Å². The number of carbonyl (C=O) groups is 3. The number of halogens is 1. The molecule has 2 aromatic carbocycles. The van der Waals surface area contributed by atoms with Gasteiger partial charge in [0.15, 0.2) is 0 Å². The van der Waals surface area contributed by atoms with Crippen LogP contribution in [-0.2, 0) is 20.7 Å². The maximum atomic E-state index is 12.9. The van der Waals surface area contributed by atoms with Crippen molar-refractivity contribution in [3.63, 3.8) is 0 Å². The molecule has 29 heavy (non-hydrogen) atoms. The predicted octanol–water partition coefficient (Wildman–Crippen LogP) is 4.25. The summed E-state index contributed by atoms with van der Waals surface area (Å²) in [6, 6.07) is 13.6. The summed E-state index contributed by atoms with van der Waals surface area (Å²) in [6.07, 6.45) is 0.449. The van der Waals surface area contributed by atoms with E-state index in [1.807, 2.05) is 19.1 Å². The Labute approximate surface area is 174 Å². The lowest BCUT2D eigenvalue weighted by molar-refractivity contribution is -0.120. The van der Waals surface area contributed by atoms with Crippen LogP contribution in [0.4, 0.5) is 11.4 Å². The fourth-order valence-corrected chi connectivity index (χ4v) is 3.19. The van der Waals surface area contributed by atoms with Crippen LogP contribution >= 0.6 is 11.6 Å². The fourth-order valence-electron chi connectivity index (χ4n) is 2.97. The molecular formula is C22H21ClN2O4. The first-order valence-corrected chi connectivity index (χ1v) is 9.65. The average Bonchev–Trinajstić information content (AvgIpc) is 2.91. The summed E-state index contributed by atoms with van der Waals surface area (Å²) >= 11 is 6.18. The van der Waals surface area contributed by atoms with E-state index in [4.69, 9.17) is 16.3 Å². The third-order valence-electron chi connectivity index (χ3n) is 4.37. The number of para-hydroxylation sites is 1. The molecule has 2 aromatic rings. The highest BCUT2D eigenvalue weighted by atomic mass is 35.5. The standard InChI is InChI=1S/C22H21ClN2O4/c1-4-14-7-5-6-8-17(14)25-20(26)18(23)19(21(25)27)24-16-11-9-15(10-12-16)22(28)29-13(2)3/h5-13,24H,4H2,1-3H3. The van der Waals surface area contributed by atoms with Gasteiger partial charge < -0.3 is 10.1 Å². The van der Waals surface area contributed by atoms with Crippen molar-refractivity contribution in [2.45, 2.75) is 33.3 Å². The summed E-state index contributed by atoms with van der Waals surface area (Å²) in [5.74, 6) is -1.53. The monoisotopic (exact) mass is 412 g/mol. The van der Waals surface area contributed by atoms with Gasteiger partial charge >= 0.3 is 5.97 Å². The molecule has 0 radical (unpaired) electrons. The van der Waals surface area contributed by atoms with Gasteiger partial charge in [0, 0.05) is 5.69 Å². The van der Waals surface area contributed by atoms with Gasteiger partial charge in [-0.05, 0) is 56.2 Å². The zero-order chi connectivity index (χ0) is 21.1. The number of benzene rings is 2. The van der Waals surface area contributed by atoms with Crippen LogP contribution in [0.25, 0.3) is 0 Å². The van der Waals surface area contributed by atoms with E-state index in [0.717, 1.165) is 10.5 Å². The highest BCUT2D eigenvalue weighted by Crippen LogP contribution is 2.32. The van der Waals surface area contributed by atoms with Crippen LogP contribution in [0.2, 0.25) is 0 Å². The highest BCUT2D eigenvalue weighted by Gasteiger charge is 2.39. The van der Waals surface area contributed by atoms with Gasteiger partial charge in [-0.2, -0.15) is 0 Å². The number of nitrogens with zero attached hydrogens (tertiary/aromatic N) is 1. The summed E-state index contributed by atoms with van der Waals surface area (Å²) < 4.78 is 5.15. The number of carbonyl (C=O) groups excluding carboxylic acids is 3. The molecule has 1 N–H and O–H groups in total. The molecule has 0 unspecified atom stereocenters. The zero-order valence-corrected chi connectivity index (χ0v) is 17.1. The molecule has 3 rings (SSSR count). The average molecular weight is 413 g/mol. The molecule has 2 amide bonds. The van der Waals surface area contributed by atoms with E-state index < -0.39 is 17.8 Å². The minimum atomic E-state index is -0.572. The number of imide groups is 1. The number of ether oxygens (including phenoxy) is 1. The minimum Gasteiger partial charge on any atom is -0.459 e. The molecule has 0 aliphatic carbocycles. The third kappa shape index (κ3) is 4.17. The number of esters is 1. The topological polar surface area (TPSA) is 75.7 Å². The lowest BCUT2D eigenvalue weighted by atomic mass is 10.1. The molecule has 1 aliphatic heterocycles. The largest absolute Gasteiger partial charge is 0.459 e. The summed E-state index contributed by atoms with van der Waals surface area (Å²) in [5, 5.41) is 2.72. The molecule has 0 fully saturated rings. The first-order chi connectivity index (χ1) is 13.8. The first kappa shape index (κ1) is 20.6. The Bertz CT molecular complexity index is 996. The number of hydrogen-bond donors (Lipinski definition) is 1. The molecule has 0 atom stereocenters. The van der Waals surface area contributed by atoms with Crippen molar-refractivity contribution in [2.24, 2.45) is 0 Å². The Balaban J connectivity index is 1.82. The summed E-state index contributed by atoms with van der Waals surface area (Å²) in [5.41, 5.74) is 2.29. The van der Waals surface area contributed by atoms with Gasteiger partial charge in [0.2, 0.25) is 0 Å². The van der Waals surface area contributed by atoms with Crippen molar-refractivity contribution in [2.75, 3.05) is 10.2 Å². The van der Waals surface area contributed by atoms with Crippen LogP contribution in [0, 0.1) is 0 Å². The molecule has 1 aliphatic rings. The fraction of sp³-hybridized carbons (Fsp3) is 0.227. The molecule has 7 heteroatoms. The normalized spacial score (nSPS) is 14.0. The van der Waals surface area contributed by atoms with Crippen LogP contribution in [0.5, 0.6) is 0 Å². The number of amides is 2. The van der Waals surface area contributed by atoms with Crippen molar-refractivity contribution in [1.82, 2.24) is 0 Å². The molecule has 1 heterocycles.